The van der Waals surface area contributed by atoms with Crippen LogP contribution in [-0.2, 0) is 6.54 Å². The van der Waals surface area contributed by atoms with E-state index in [0.717, 1.165) is 29.6 Å². The fourth-order valence-electron chi connectivity index (χ4n) is 2.01. The molecule has 1 aromatic rings. The minimum atomic E-state index is 0.0577. The minimum absolute atomic E-state index is 0.0577. The van der Waals surface area contributed by atoms with E-state index < -0.39 is 0 Å². The summed E-state index contributed by atoms with van der Waals surface area (Å²) in [7, 11) is 0. The number of aromatic nitrogens is 1. The van der Waals surface area contributed by atoms with Crippen LogP contribution in [0.4, 0.5) is 5.82 Å². The summed E-state index contributed by atoms with van der Waals surface area (Å²) in [6, 6.07) is 3.98. The lowest BCUT2D eigenvalue weighted by Gasteiger charge is -2.26. The highest BCUT2D eigenvalue weighted by molar-refractivity contribution is 6.31. The predicted molar refractivity (Wildman–Crippen MR) is 93.2 cm³/mol. The Hall–Kier alpha value is -0.800. The topological polar surface area (TPSA) is 28.2 Å². The minimum Gasteiger partial charge on any atom is -0.357 e. The molecule has 3 nitrogen and oxygen atoms in total. The molecular weight excluding hydrogens is 282 g/mol. The number of anilines is 1. The first-order chi connectivity index (χ1) is 9.76. The zero-order valence-corrected chi connectivity index (χ0v) is 15.1. The van der Waals surface area contributed by atoms with E-state index in [1.165, 1.54) is 6.42 Å². The van der Waals surface area contributed by atoms with Crippen LogP contribution < -0.4 is 10.2 Å². The highest BCUT2D eigenvalue weighted by Gasteiger charge is 2.14. The summed E-state index contributed by atoms with van der Waals surface area (Å²) in [4.78, 5) is 7.09. The summed E-state index contributed by atoms with van der Waals surface area (Å²) in [5, 5.41) is 4.18. The van der Waals surface area contributed by atoms with Gasteiger partial charge in [0.15, 0.2) is 0 Å². The van der Waals surface area contributed by atoms with Crippen LogP contribution in [0.25, 0.3) is 0 Å². The van der Waals surface area contributed by atoms with Crippen molar-refractivity contribution in [2.45, 2.75) is 60.0 Å². The number of hydrogen-bond donors (Lipinski definition) is 1. The molecular formula is C17H30ClN3. The highest BCUT2D eigenvalue weighted by Crippen LogP contribution is 2.21. The van der Waals surface area contributed by atoms with Gasteiger partial charge in [0.2, 0.25) is 0 Å². The van der Waals surface area contributed by atoms with E-state index in [9.17, 15) is 0 Å². The number of rotatable bonds is 7. The average Bonchev–Trinajstić information content (AvgIpc) is 2.42. The third-order valence-electron chi connectivity index (χ3n) is 3.62. The van der Waals surface area contributed by atoms with Crippen LogP contribution in [0.15, 0.2) is 12.1 Å². The third-order valence-corrected chi connectivity index (χ3v) is 3.97. The molecule has 0 fully saturated rings. The van der Waals surface area contributed by atoms with E-state index >= 15 is 0 Å². The maximum atomic E-state index is 6.28. The van der Waals surface area contributed by atoms with Gasteiger partial charge in [0.05, 0.1) is 10.7 Å². The largest absolute Gasteiger partial charge is 0.357 e. The number of nitrogens with zero attached hydrogens (tertiary/aromatic N) is 2. The van der Waals surface area contributed by atoms with Gasteiger partial charge in [-0.15, -0.1) is 0 Å². The average molecular weight is 312 g/mol. The number of hydrogen-bond acceptors (Lipinski definition) is 3. The molecule has 0 aromatic carbocycles. The van der Waals surface area contributed by atoms with Crippen molar-refractivity contribution in [3.8, 4) is 0 Å². The Morgan fingerprint density at radius 3 is 2.48 bits per heavy atom. The van der Waals surface area contributed by atoms with Crippen LogP contribution in [0.2, 0.25) is 5.02 Å². The SMILES string of the molecule is CCC(C)CN(CC)c1ccc(Cl)c(CNC(C)(C)C)n1. The van der Waals surface area contributed by atoms with Gasteiger partial charge in [-0.25, -0.2) is 4.98 Å². The van der Waals surface area contributed by atoms with Gasteiger partial charge in [0, 0.05) is 25.2 Å². The third kappa shape index (κ3) is 6.23. The summed E-state index contributed by atoms with van der Waals surface area (Å²) in [6.45, 7) is 15.8. The van der Waals surface area contributed by atoms with Crippen LogP contribution in [0.5, 0.6) is 0 Å². The zero-order chi connectivity index (χ0) is 16.0. The number of halogens is 1. The molecule has 4 heteroatoms. The van der Waals surface area contributed by atoms with Crippen LogP contribution >= 0.6 is 11.6 Å². The zero-order valence-electron chi connectivity index (χ0n) is 14.3. The second-order valence-corrected chi connectivity index (χ2v) is 7.16. The molecule has 1 N–H and O–H groups in total. The van der Waals surface area contributed by atoms with Gasteiger partial charge in [0.1, 0.15) is 5.82 Å². The Morgan fingerprint density at radius 2 is 1.95 bits per heavy atom. The van der Waals surface area contributed by atoms with Crippen LogP contribution in [0, 0.1) is 5.92 Å². The second-order valence-electron chi connectivity index (χ2n) is 6.75. The maximum Gasteiger partial charge on any atom is 0.128 e. The van der Waals surface area contributed by atoms with Crippen LogP contribution in [-0.4, -0.2) is 23.6 Å². The molecule has 0 aliphatic heterocycles. The van der Waals surface area contributed by atoms with E-state index in [-0.39, 0.29) is 5.54 Å². The molecule has 1 rings (SSSR count). The van der Waals surface area contributed by atoms with E-state index in [0.29, 0.717) is 12.5 Å². The van der Waals surface area contributed by atoms with Gasteiger partial charge in [-0.05, 0) is 45.7 Å². The number of nitrogens with one attached hydrogen (secondary N) is 1. The Kier molecular flexibility index (Phi) is 6.95. The van der Waals surface area contributed by atoms with Crippen molar-refractivity contribution >= 4 is 17.4 Å². The van der Waals surface area contributed by atoms with Crippen molar-refractivity contribution in [2.75, 3.05) is 18.0 Å². The van der Waals surface area contributed by atoms with E-state index in [4.69, 9.17) is 16.6 Å². The van der Waals surface area contributed by atoms with Crippen molar-refractivity contribution in [1.82, 2.24) is 10.3 Å². The normalized spacial score (nSPS) is 13.3. The van der Waals surface area contributed by atoms with Crippen molar-refractivity contribution in [2.24, 2.45) is 5.92 Å². The first-order valence-corrected chi connectivity index (χ1v) is 8.30. The molecule has 120 valence electrons. The van der Waals surface area contributed by atoms with Gasteiger partial charge >= 0.3 is 0 Å². The molecule has 0 saturated carbocycles. The van der Waals surface area contributed by atoms with Crippen LogP contribution in [0.1, 0.15) is 53.7 Å². The second kappa shape index (κ2) is 8.00. The Morgan fingerprint density at radius 1 is 1.29 bits per heavy atom. The highest BCUT2D eigenvalue weighted by atomic mass is 35.5. The molecule has 0 spiro atoms. The molecule has 1 heterocycles. The molecule has 0 saturated heterocycles. The molecule has 0 radical (unpaired) electrons. The van der Waals surface area contributed by atoms with Gasteiger partial charge in [-0.1, -0.05) is 31.9 Å². The van der Waals surface area contributed by atoms with Crippen molar-refractivity contribution in [3.63, 3.8) is 0 Å². The summed E-state index contributed by atoms with van der Waals surface area (Å²) >= 11 is 6.28. The van der Waals surface area contributed by atoms with E-state index in [2.05, 4.69) is 51.8 Å². The van der Waals surface area contributed by atoms with Gasteiger partial charge in [0.25, 0.3) is 0 Å². The van der Waals surface area contributed by atoms with E-state index in [1.54, 1.807) is 0 Å². The summed E-state index contributed by atoms with van der Waals surface area (Å²) in [5.74, 6) is 1.69. The molecule has 1 aromatic heterocycles. The summed E-state index contributed by atoms with van der Waals surface area (Å²) in [6.07, 6.45) is 1.18. The molecule has 1 atom stereocenters. The van der Waals surface area contributed by atoms with Gasteiger partial charge in [-0.2, -0.15) is 0 Å². The lowest BCUT2D eigenvalue weighted by molar-refractivity contribution is 0.421. The molecule has 0 aliphatic carbocycles. The fourth-order valence-corrected chi connectivity index (χ4v) is 2.18. The first-order valence-electron chi connectivity index (χ1n) is 7.92. The molecule has 1 unspecified atom stereocenters. The van der Waals surface area contributed by atoms with Crippen molar-refractivity contribution < 1.29 is 0 Å². The smallest absolute Gasteiger partial charge is 0.128 e. The standard InChI is InChI=1S/C17H30ClN3/c1-7-13(3)12-21(8-2)16-10-9-14(18)15(20-16)11-19-17(4,5)6/h9-10,13,19H,7-8,11-12H2,1-6H3. The van der Waals surface area contributed by atoms with Crippen LogP contribution in [0.3, 0.4) is 0 Å². The maximum absolute atomic E-state index is 6.28. The first kappa shape index (κ1) is 18.2. The quantitative estimate of drug-likeness (QED) is 0.804. The van der Waals surface area contributed by atoms with E-state index in [1.807, 2.05) is 12.1 Å². The molecule has 0 bridgehead atoms. The number of pyridine rings is 1. The van der Waals surface area contributed by atoms with Gasteiger partial charge in [-0.3, -0.25) is 0 Å². The van der Waals surface area contributed by atoms with Crippen molar-refractivity contribution in [1.29, 1.82) is 0 Å². The fraction of sp³-hybridized carbons (Fsp3) is 0.706. The lowest BCUT2D eigenvalue weighted by Crippen LogP contribution is -2.35. The summed E-state index contributed by atoms with van der Waals surface area (Å²) in [5.41, 5.74) is 0.981. The Balaban J connectivity index is 2.88. The lowest BCUT2D eigenvalue weighted by atomic mass is 10.1. The Bertz CT molecular complexity index is 440. The van der Waals surface area contributed by atoms with Crippen molar-refractivity contribution in [3.05, 3.63) is 22.8 Å². The molecule has 0 amide bonds. The Labute approximate surface area is 135 Å². The monoisotopic (exact) mass is 311 g/mol. The predicted octanol–water partition coefficient (Wildman–Crippen LogP) is 4.50. The molecule has 21 heavy (non-hydrogen) atoms. The summed E-state index contributed by atoms with van der Waals surface area (Å²) < 4.78 is 0. The van der Waals surface area contributed by atoms with Gasteiger partial charge < -0.3 is 10.2 Å². The molecule has 0 aliphatic rings.